The van der Waals surface area contributed by atoms with Crippen molar-refractivity contribution in [2.75, 3.05) is 0 Å². The number of hydrogen-bond acceptors (Lipinski definition) is 3. The van der Waals surface area contributed by atoms with Crippen LogP contribution in [-0.2, 0) is 0 Å². The third-order valence-electron chi connectivity index (χ3n) is 6.76. The summed E-state index contributed by atoms with van der Waals surface area (Å²) in [7, 11) is 0. The molecule has 0 N–H and O–H groups in total. The van der Waals surface area contributed by atoms with Gasteiger partial charge in [0.15, 0.2) is 4.80 Å². The lowest BCUT2D eigenvalue weighted by atomic mass is 9.84. The van der Waals surface area contributed by atoms with Crippen LogP contribution in [0.4, 0.5) is 4.39 Å². The van der Waals surface area contributed by atoms with Crippen molar-refractivity contribution in [1.82, 2.24) is 4.57 Å². The van der Waals surface area contributed by atoms with E-state index in [1.807, 2.05) is 48.5 Å². The number of fused-ring (bicyclic) bond motifs is 1. The minimum Gasteiger partial charge on any atom is -0.272 e. The Bertz CT molecular complexity index is 1780. The highest BCUT2D eigenvalue weighted by Crippen LogP contribution is 2.42. The van der Waals surface area contributed by atoms with Gasteiger partial charge >= 0.3 is 0 Å². The Balaban J connectivity index is 1.62. The van der Waals surface area contributed by atoms with Crippen LogP contribution in [0.15, 0.2) is 99.4 Å². The molecule has 1 aromatic heterocycles. The summed E-state index contributed by atoms with van der Waals surface area (Å²) in [5.74, 6) is -0.375. The molecular formula is C30H21Cl2FN2OS. The van der Waals surface area contributed by atoms with Gasteiger partial charge < -0.3 is 0 Å². The molecule has 0 amide bonds. The maximum Gasteiger partial charge on any atom is 0.271 e. The Morgan fingerprint density at radius 1 is 0.892 bits per heavy atom. The Morgan fingerprint density at radius 3 is 2.35 bits per heavy atom. The first-order valence-electron chi connectivity index (χ1n) is 12.0. The molecule has 0 saturated heterocycles. The van der Waals surface area contributed by atoms with E-state index in [4.69, 9.17) is 28.2 Å². The molecule has 2 heterocycles. The summed E-state index contributed by atoms with van der Waals surface area (Å²) in [6.07, 6.45) is 6.27. The molecule has 3 aromatic carbocycles. The quantitative estimate of drug-likeness (QED) is 0.274. The zero-order valence-corrected chi connectivity index (χ0v) is 22.0. The molecule has 7 heteroatoms. The fourth-order valence-electron chi connectivity index (χ4n) is 5.04. The summed E-state index contributed by atoms with van der Waals surface area (Å²) in [4.78, 5) is 19.4. The average Bonchev–Trinajstić information content (AvgIpc) is 3.21. The highest BCUT2D eigenvalue weighted by atomic mass is 35.5. The van der Waals surface area contributed by atoms with Crippen LogP contribution in [0.2, 0.25) is 10.0 Å². The standard InChI is InChI=1S/C30H21Cl2FN2OS/c31-23-13-4-1-8-18(23)16-20-10-7-12-22-27(20)34-30-35(28(22)21-11-3-5-14-24(21)32)29(36)26(37-30)17-19-9-2-6-15-25(19)33/h1-6,8-9,11,13-17,28H,7,10,12H2/b20-16-,26-17+/t28-/m1/s1. The van der Waals surface area contributed by atoms with E-state index in [0.717, 1.165) is 47.2 Å². The van der Waals surface area contributed by atoms with Crippen LogP contribution < -0.4 is 14.9 Å². The lowest BCUT2D eigenvalue weighted by molar-refractivity contribution is 0.553. The minimum absolute atomic E-state index is 0.203. The van der Waals surface area contributed by atoms with E-state index in [1.54, 1.807) is 28.8 Å². The summed E-state index contributed by atoms with van der Waals surface area (Å²) in [5, 5.41) is 1.27. The highest BCUT2D eigenvalue weighted by Gasteiger charge is 2.33. The van der Waals surface area contributed by atoms with Crippen molar-refractivity contribution in [2.45, 2.75) is 25.3 Å². The first-order chi connectivity index (χ1) is 18.0. The molecule has 0 spiro atoms. The average molecular weight is 547 g/mol. The van der Waals surface area contributed by atoms with Crippen molar-refractivity contribution in [3.05, 3.63) is 142 Å². The molecule has 1 aliphatic carbocycles. The Labute approximate surface area is 227 Å². The van der Waals surface area contributed by atoms with E-state index in [1.165, 1.54) is 17.4 Å². The van der Waals surface area contributed by atoms with Crippen LogP contribution >= 0.6 is 34.5 Å². The first kappa shape index (κ1) is 24.1. The topological polar surface area (TPSA) is 34.4 Å². The maximum atomic E-state index is 14.4. The van der Waals surface area contributed by atoms with Crippen molar-refractivity contribution < 1.29 is 4.39 Å². The molecule has 0 bridgehead atoms. The number of hydrogen-bond donors (Lipinski definition) is 0. The molecule has 2 aliphatic rings. The number of allylic oxidation sites excluding steroid dienone is 2. The lowest BCUT2D eigenvalue weighted by Crippen LogP contribution is -2.39. The molecule has 0 fully saturated rings. The Kier molecular flexibility index (Phi) is 6.45. The van der Waals surface area contributed by atoms with Crippen LogP contribution in [0.1, 0.15) is 42.0 Å². The summed E-state index contributed by atoms with van der Waals surface area (Å²) in [6.45, 7) is 0. The second kappa shape index (κ2) is 9.90. The van der Waals surface area contributed by atoms with Crippen LogP contribution in [0.3, 0.4) is 0 Å². The number of rotatable bonds is 3. The summed E-state index contributed by atoms with van der Waals surface area (Å²) in [6, 6.07) is 21.4. The molecule has 1 aliphatic heterocycles. The summed E-state index contributed by atoms with van der Waals surface area (Å²) >= 11 is 14.4. The van der Waals surface area contributed by atoms with Gasteiger partial charge in [0.2, 0.25) is 0 Å². The third-order valence-corrected chi connectivity index (χ3v) is 8.43. The highest BCUT2D eigenvalue weighted by molar-refractivity contribution is 7.07. The molecule has 37 heavy (non-hydrogen) atoms. The van der Waals surface area contributed by atoms with E-state index in [0.29, 0.717) is 24.9 Å². The van der Waals surface area contributed by atoms with E-state index in [2.05, 4.69) is 6.08 Å². The van der Waals surface area contributed by atoms with E-state index >= 15 is 0 Å². The van der Waals surface area contributed by atoms with Crippen LogP contribution in [0.25, 0.3) is 12.2 Å². The molecule has 4 aromatic rings. The molecule has 3 nitrogen and oxygen atoms in total. The minimum atomic E-state index is -0.391. The van der Waals surface area contributed by atoms with Crippen LogP contribution in [0.5, 0.6) is 0 Å². The number of aromatic nitrogens is 1. The van der Waals surface area contributed by atoms with Crippen LogP contribution in [-0.4, -0.2) is 4.57 Å². The van der Waals surface area contributed by atoms with Gasteiger partial charge in [-0.15, -0.1) is 0 Å². The molecule has 6 rings (SSSR count). The van der Waals surface area contributed by atoms with Crippen molar-refractivity contribution in [3.8, 4) is 0 Å². The van der Waals surface area contributed by atoms with Crippen molar-refractivity contribution in [1.29, 1.82) is 0 Å². The Morgan fingerprint density at radius 2 is 1.59 bits per heavy atom. The van der Waals surface area contributed by atoms with Gasteiger partial charge in [0, 0.05) is 15.6 Å². The predicted molar refractivity (Wildman–Crippen MR) is 149 cm³/mol. The maximum absolute atomic E-state index is 14.4. The van der Waals surface area contributed by atoms with Gasteiger partial charge in [-0.05, 0) is 71.9 Å². The van der Waals surface area contributed by atoms with Gasteiger partial charge in [-0.25, -0.2) is 9.38 Å². The van der Waals surface area contributed by atoms with Crippen molar-refractivity contribution in [2.24, 2.45) is 4.99 Å². The second-order valence-corrected chi connectivity index (χ2v) is 10.9. The largest absolute Gasteiger partial charge is 0.272 e. The molecule has 0 unspecified atom stereocenters. The fraction of sp³-hybridized carbons (Fsp3) is 0.133. The SMILES string of the molecule is O=c1/c(=C\c2ccccc2F)sc2n1[C@H](c1ccccc1Cl)C1=C(N=2)/C(=C\c2ccccc2Cl)CCC1. The lowest BCUT2D eigenvalue weighted by Gasteiger charge is -2.31. The summed E-state index contributed by atoms with van der Waals surface area (Å²) in [5.41, 5.74) is 4.97. The zero-order valence-electron chi connectivity index (χ0n) is 19.6. The monoisotopic (exact) mass is 546 g/mol. The zero-order chi connectivity index (χ0) is 25.5. The van der Waals surface area contributed by atoms with Gasteiger partial charge in [0.1, 0.15) is 5.82 Å². The van der Waals surface area contributed by atoms with E-state index in [-0.39, 0.29) is 11.4 Å². The number of thiazole rings is 1. The van der Waals surface area contributed by atoms with E-state index < -0.39 is 6.04 Å². The molecule has 1 atom stereocenters. The number of halogens is 3. The summed E-state index contributed by atoms with van der Waals surface area (Å²) < 4.78 is 16.6. The van der Waals surface area contributed by atoms with Gasteiger partial charge in [-0.1, -0.05) is 89.1 Å². The fourth-order valence-corrected chi connectivity index (χ4v) is 6.46. The second-order valence-electron chi connectivity index (χ2n) is 9.04. The third kappa shape index (κ3) is 4.42. The first-order valence-corrected chi connectivity index (χ1v) is 13.6. The number of benzene rings is 3. The molecular weight excluding hydrogens is 526 g/mol. The van der Waals surface area contributed by atoms with Crippen LogP contribution in [0, 0.1) is 5.82 Å². The molecule has 0 radical (unpaired) electrons. The van der Waals surface area contributed by atoms with Gasteiger partial charge in [0.05, 0.1) is 16.3 Å². The molecule has 184 valence electrons. The van der Waals surface area contributed by atoms with E-state index in [9.17, 15) is 9.18 Å². The normalized spacial score (nSPS) is 18.5. The van der Waals surface area contributed by atoms with Gasteiger partial charge in [-0.2, -0.15) is 0 Å². The smallest absolute Gasteiger partial charge is 0.271 e. The Hall–Kier alpha value is -3.25. The molecule has 0 saturated carbocycles. The number of nitrogens with zero attached hydrogens (tertiary/aromatic N) is 2. The van der Waals surface area contributed by atoms with Crippen molar-refractivity contribution >= 4 is 46.7 Å². The van der Waals surface area contributed by atoms with Crippen molar-refractivity contribution in [3.63, 3.8) is 0 Å². The van der Waals surface area contributed by atoms with Gasteiger partial charge in [0.25, 0.3) is 5.56 Å². The predicted octanol–water partition coefficient (Wildman–Crippen LogP) is 6.93. The van der Waals surface area contributed by atoms with Gasteiger partial charge in [-0.3, -0.25) is 9.36 Å².